The highest BCUT2D eigenvalue weighted by atomic mass is 127. The number of rotatable bonds is 49. The molecule has 127 heavy (non-hydrogen) atoms. The number of amides is 12. The van der Waals surface area contributed by atoms with Crippen LogP contribution in [0.25, 0.3) is 10.9 Å². The number of nitrogens with zero attached hydrogens (tertiary/aromatic N) is 10. The summed E-state index contributed by atoms with van der Waals surface area (Å²) in [6.45, 7) is 0.228. The van der Waals surface area contributed by atoms with E-state index in [-0.39, 0.29) is 180 Å². The van der Waals surface area contributed by atoms with Crippen LogP contribution < -0.4 is 47.3 Å². The minimum Gasteiger partial charge on any atom is -0.494 e. The van der Waals surface area contributed by atoms with Crippen molar-refractivity contribution >= 4 is 152 Å². The molecule has 3 aromatic rings. The lowest BCUT2D eigenvalue weighted by molar-refractivity contribution is -0.144. The number of nitriles is 1. The summed E-state index contributed by atoms with van der Waals surface area (Å²) in [5.74, 6) is -20.9. The molecule has 0 saturated carbocycles. The zero-order valence-electron chi connectivity index (χ0n) is 69.7. The van der Waals surface area contributed by atoms with Crippen molar-refractivity contribution in [3.05, 3.63) is 69.4 Å². The zero-order chi connectivity index (χ0) is 92.9. The van der Waals surface area contributed by atoms with Crippen molar-refractivity contribution < 1.29 is 130 Å². The minimum absolute atomic E-state index is 0.00365. The fourth-order valence-electron chi connectivity index (χ4n) is 14.3. The number of hydrogen-bond donors (Lipinski definition) is 14. The molecule has 7 rings (SSSR count). The number of hydrogen-bond acceptors (Lipinski definition) is 27. The summed E-state index contributed by atoms with van der Waals surface area (Å²) >= 11 is 3.11. The van der Waals surface area contributed by atoms with Crippen LogP contribution in [-0.4, -0.2) is 386 Å². The number of nitrogens with one attached hydrogen (secondary N) is 8. The Kier molecular flexibility index (Phi) is 42.0. The third-order valence-electron chi connectivity index (χ3n) is 20.9. The molecule has 4 saturated heterocycles. The largest absolute Gasteiger partial charge is 0.494 e. The number of benzene rings is 2. The Morgan fingerprint density at radius 1 is 0.551 bits per heavy atom. The number of pyridine rings is 1. The van der Waals surface area contributed by atoms with Gasteiger partial charge in [-0.25, -0.2) is 8.78 Å². The molecule has 4 aliphatic rings. The van der Waals surface area contributed by atoms with Gasteiger partial charge >= 0.3 is 35.8 Å². The number of piperazine rings is 1. The van der Waals surface area contributed by atoms with Crippen LogP contribution in [0.4, 0.5) is 8.78 Å². The summed E-state index contributed by atoms with van der Waals surface area (Å²) in [7, 11) is 0. The van der Waals surface area contributed by atoms with Gasteiger partial charge in [0.1, 0.15) is 36.0 Å². The second kappa shape index (κ2) is 52.0. The van der Waals surface area contributed by atoms with Gasteiger partial charge in [0.15, 0.2) is 0 Å². The molecule has 0 spiro atoms. The number of carboxylic acid groups (broad SMARTS) is 6. The van der Waals surface area contributed by atoms with Gasteiger partial charge in [0.25, 0.3) is 11.8 Å². The lowest BCUT2D eigenvalue weighted by atomic mass is 10.1. The highest BCUT2D eigenvalue weighted by Gasteiger charge is 2.47. The van der Waals surface area contributed by atoms with Gasteiger partial charge < -0.3 is 87.7 Å². The van der Waals surface area contributed by atoms with Gasteiger partial charge in [0.05, 0.1) is 87.5 Å². The molecular weight excluding hydrogens is 1810 g/mol. The predicted octanol–water partition coefficient (Wildman–Crippen LogP) is -2.74. The Morgan fingerprint density at radius 2 is 1.09 bits per heavy atom. The number of aryl methyl sites for hydroxylation is 1. The van der Waals surface area contributed by atoms with Crippen LogP contribution in [0.2, 0.25) is 0 Å². The number of carbonyl (C=O) groups is 18. The van der Waals surface area contributed by atoms with Gasteiger partial charge in [0.2, 0.25) is 65.0 Å². The van der Waals surface area contributed by atoms with Crippen molar-refractivity contribution in [2.75, 3.05) is 163 Å². The lowest BCUT2D eigenvalue weighted by Gasteiger charge is -2.34. The van der Waals surface area contributed by atoms with E-state index in [9.17, 15) is 131 Å². The number of fused-ring (bicyclic) bond motifs is 1. The fourth-order valence-corrected chi connectivity index (χ4v) is 15.7. The highest BCUT2D eigenvalue weighted by molar-refractivity contribution is 14.1. The van der Waals surface area contributed by atoms with Gasteiger partial charge in [-0.15, -0.1) is 11.8 Å². The van der Waals surface area contributed by atoms with E-state index < -0.39 is 181 Å². The molecule has 4 aliphatic heterocycles. The van der Waals surface area contributed by atoms with Crippen LogP contribution >= 0.6 is 34.4 Å². The second-order valence-corrected chi connectivity index (χ2v) is 33.2. The van der Waals surface area contributed by atoms with E-state index in [4.69, 9.17) is 4.74 Å². The first-order valence-corrected chi connectivity index (χ1v) is 43.3. The van der Waals surface area contributed by atoms with Crippen molar-refractivity contribution in [2.45, 2.75) is 131 Å². The molecule has 1 unspecified atom stereocenters. The number of aromatic nitrogens is 1. The molecule has 4 fully saturated rings. The van der Waals surface area contributed by atoms with Crippen LogP contribution in [0.1, 0.15) is 99.4 Å². The molecule has 5 heterocycles. The molecule has 1 aromatic heterocycles. The normalized spacial score (nSPS) is 17.7. The Hall–Kier alpha value is -11.5. The average Bonchev–Trinajstić information content (AvgIpc) is 1.64. The van der Waals surface area contributed by atoms with E-state index in [0.717, 1.165) is 30.7 Å². The van der Waals surface area contributed by atoms with Crippen LogP contribution in [0.15, 0.2) is 54.7 Å². The molecule has 12 amide bonds. The summed E-state index contributed by atoms with van der Waals surface area (Å²) in [6, 6.07) is 6.52. The molecule has 6 atom stereocenters. The topological polar surface area (TPSA) is 597 Å². The zero-order valence-corrected chi connectivity index (χ0v) is 72.7. The number of imide groups is 1. The van der Waals surface area contributed by atoms with Gasteiger partial charge in [-0.05, 0) is 103 Å². The summed E-state index contributed by atoms with van der Waals surface area (Å²) in [5.41, 5.74) is 1.48. The number of aliphatic carboxylic acids is 6. The average molecular weight is 1920 g/mol. The van der Waals surface area contributed by atoms with Gasteiger partial charge in [0, 0.05) is 164 Å². The maximum absolute atomic E-state index is 14.2. The molecule has 0 aliphatic carbocycles. The van der Waals surface area contributed by atoms with E-state index in [1.807, 2.05) is 24.3 Å². The van der Waals surface area contributed by atoms with Gasteiger partial charge in [-0.3, -0.25) is 121 Å². The van der Waals surface area contributed by atoms with E-state index >= 15 is 0 Å². The first-order chi connectivity index (χ1) is 60.4. The first-order valence-electron chi connectivity index (χ1n) is 41.2. The number of alkyl halides is 2. The third-order valence-corrected chi connectivity index (χ3v) is 22.9. The van der Waals surface area contributed by atoms with E-state index in [0.29, 0.717) is 62.2 Å². The van der Waals surface area contributed by atoms with Crippen molar-refractivity contribution in [3.8, 4) is 11.8 Å². The van der Waals surface area contributed by atoms with E-state index in [1.165, 1.54) is 12.3 Å². The van der Waals surface area contributed by atoms with Crippen molar-refractivity contribution in [1.82, 2.24) is 86.7 Å². The Bertz CT molecular complexity index is 4440. The maximum Gasteiger partial charge on any atom is 0.317 e. The van der Waals surface area contributed by atoms with Crippen LogP contribution in [-0.2, 0) is 87.9 Å². The summed E-state index contributed by atoms with van der Waals surface area (Å²) in [4.78, 5) is 249. The lowest BCUT2D eigenvalue weighted by Crippen LogP contribution is -2.59. The Morgan fingerprint density at radius 3 is 1.65 bits per heavy atom. The third kappa shape index (κ3) is 36.4. The predicted molar refractivity (Wildman–Crippen MR) is 453 cm³/mol. The number of carboxylic acids is 6. The van der Waals surface area contributed by atoms with E-state index in [2.05, 4.69) is 75.0 Å². The maximum atomic E-state index is 14.2. The number of carbonyl (C=O) groups excluding carboxylic acids is 12. The molecular formula is C80H107F2IN18O25S. The van der Waals surface area contributed by atoms with Gasteiger partial charge in [-0.1, -0.05) is 12.1 Å². The minimum atomic E-state index is -3.23. The number of halogens is 3. The standard InChI is InChI=1S/C80H107F2IN18O25S/c81-80(82)42-52(43-84)101(49-80)67(107)44-89-74(120)54-16-18-85-56-13-12-53(37-55(54)56)126-35-4-21-94-31-33-99(34-32-94)65(105)15-14-62(102)86-17-2-1-6-57(91-77(123)59(39-69(110)111)93-78(124)60(40-70(112)113)92-76(122)58(38-68(108)109)90-63(103)7-3-5-50-8-10-51(83)11-9-50)75(121)88-20-36-127-61-41-66(106)100(79(61)125)22-19-87-64(104)45-95-23-25-96(46-71(114)115)27-29-98(48-73(118)119)30-28-97(26-24-95)47-72(116)117/h8-13,16,18,37,52,57-61H,1-7,14-15,17,19-36,38-42,44-49H2,(H,86,102)(H,87,104)(H,88,121)(H,89,120)(H,90,103)(H,91,123)(H,92,122)(H,93,124)(H,108,109)(H,110,111)(H,112,113)(H,114,115)(H,116,117)(H,118,119)/t52-,57-,58+,59-,60+,61?/m0/s1. The highest BCUT2D eigenvalue weighted by Crippen LogP contribution is 2.32. The van der Waals surface area contributed by atoms with E-state index in [1.54, 1.807) is 48.8 Å². The molecule has 0 bridgehead atoms. The Balaban J connectivity index is 0.901. The van der Waals surface area contributed by atoms with Crippen LogP contribution in [0.3, 0.4) is 0 Å². The van der Waals surface area contributed by atoms with Crippen LogP contribution in [0, 0.1) is 14.9 Å². The quantitative estimate of drug-likeness (QED) is 0.0155. The number of unbranched alkanes of at least 4 members (excludes halogenated alkanes) is 1. The first kappa shape index (κ1) is 103. The molecule has 14 N–H and O–H groups in total. The number of likely N-dealkylation sites (tertiary alicyclic amines) is 2. The second-order valence-electron chi connectivity index (χ2n) is 30.7. The smallest absolute Gasteiger partial charge is 0.317 e. The number of thioether (sulfide) groups is 1. The summed E-state index contributed by atoms with van der Waals surface area (Å²) < 4.78 is 34.9. The van der Waals surface area contributed by atoms with Crippen molar-refractivity contribution in [3.63, 3.8) is 0 Å². The van der Waals surface area contributed by atoms with Crippen LogP contribution in [0.5, 0.6) is 5.75 Å². The summed E-state index contributed by atoms with van der Waals surface area (Å²) in [5, 5.41) is 86.2. The number of ether oxygens (including phenoxy) is 1. The summed E-state index contributed by atoms with van der Waals surface area (Å²) in [6.07, 6.45) is -2.34. The Labute approximate surface area is 745 Å². The molecule has 47 heteroatoms. The molecule has 43 nitrogen and oxygen atoms in total. The fraction of sp³-hybridized carbons (Fsp3) is 0.575. The molecule has 0 radical (unpaired) electrons. The van der Waals surface area contributed by atoms with Crippen molar-refractivity contribution in [1.29, 1.82) is 5.26 Å². The SMILES string of the molecule is N#C[C@@H]1CC(F)(F)CN1C(=O)CNC(=O)c1ccnc2ccc(OCCCN3CCN(C(=O)CCC(=O)NCCCC[C@H](NC(=O)[C@H](CC(=O)O)NC(=O)[C@@H](CC(=O)O)NC(=O)[C@@H](CC(=O)O)NC(=O)CCCc4ccc(I)cc4)C(=O)NCCSC4CC(=O)N(CCNC(=O)CN5CCN(CC(=O)O)CCN(CC(=O)O)CCN(CC(=O)O)CC5)C4=O)CC3)cc12. The monoisotopic (exact) mass is 1920 g/mol. The molecule has 694 valence electrons. The molecule has 2 aromatic carbocycles. The van der Waals surface area contributed by atoms with Crippen molar-refractivity contribution in [2.24, 2.45) is 0 Å². The van der Waals surface area contributed by atoms with Gasteiger partial charge in [-0.2, -0.15) is 5.26 Å².